The van der Waals surface area contributed by atoms with E-state index in [-0.39, 0.29) is 0 Å². The second-order valence-electron chi connectivity index (χ2n) is 2.97. The minimum atomic E-state index is 0.796. The zero-order valence-corrected chi connectivity index (χ0v) is 8.88. The fourth-order valence-electron chi connectivity index (χ4n) is 1.35. The summed E-state index contributed by atoms with van der Waals surface area (Å²) in [5, 5.41) is 0.824. The number of hydrogen-bond acceptors (Lipinski definition) is 3. The number of anilines is 1. The Morgan fingerprint density at radius 2 is 2.31 bits per heavy atom. The summed E-state index contributed by atoms with van der Waals surface area (Å²) in [6.45, 7) is 3.44. The van der Waals surface area contributed by atoms with Crippen molar-refractivity contribution in [2.75, 3.05) is 31.2 Å². The van der Waals surface area contributed by atoms with E-state index in [4.69, 9.17) is 4.74 Å². The van der Waals surface area contributed by atoms with Crippen molar-refractivity contribution in [1.82, 2.24) is 9.97 Å². The molecule has 13 heavy (non-hydrogen) atoms. The predicted octanol–water partition coefficient (Wildman–Crippen LogP) is 1.14. The third-order valence-electron chi connectivity index (χ3n) is 2.07. The van der Waals surface area contributed by atoms with E-state index in [9.17, 15) is 0 Å². The highest BCUT2D eigenvalue weighted by atomic mass is 79.9. The maximum Gasteiger partial charge on any atom is 0.203 e. The van der Waals surface area contributed by atoms with Gasteiger partial charge in [0.1, 0.15) is 0 Å². The molecule has 1 saturated heterocycles. The smallest absolute Gasteiger partial charge is 0.203 e. The Bertz CT molecular complexity index is 270. The lowest BCUT2D eigenvalue weighted by atomic mass is 10.4. The molecule has 1 aliphatic rings. The fourth-order valence-corrected chi connectivity index (χ4v) is 1.64. The van der Waals surface area contributed by atoms with Gasteiger partial charge in [0.25, 0.3) is 0 Å². The molecule has 0 aromatic carbocycles. The number of H-pyrrole nitrogens is 1. The van der Waals surface area contributed by atoms with Crippen LogP contribution in [0.15, 0.2) is 6.20 Å². The molecule has 0 amide bonds. The van der Waals surface area contributed by atoms with Gasteiger partial charge in [0.05, 0.1) is 19.4 Å². The summed E-state index contributed by atoms with van der Waals surface area (Å²) in [5.74, 6) is 0.956. The molecule has 0 radical (unpaired) electrons. The number of aromatic amines is 1. The van der Waals surface area contributed by atoms with Crippen LogP contribution in [0.2, 0.25) is 0 Å². The lowest BCUT2D eigenvalue weighted by Crippen LogP contribution is -2.36. The van der Waals surface area contributed by atoms with Crippen molar-refractivity contribution >= 4 is 21.9 Å². The van der Waals surface area contributed by atoms with Gasteiger partial charge in [0.15, 0.2) is 0 Å². The summed E-state index contributed by atoms with van der Waals surface area (Å²) in [6, 6.07) is 0. The van der Waals surface area contributed by atoms with E-state index >= 15 is 0 Å². The molecule has 0 aliphatic carbocycles. The van der Waals surface area contributed by atoms with Gasteiger partial charge in [-0.2, -0.15) is 0 Å². The summed E-state index contributed by atoms with van der Waals surface area (Å²) in [5.41, 5.74) is 1.11. The number of alkyl halides is 1. The Morgan fingerprint density at radius 3 is 2.92 bits per heavy atom. The Labute approximate surface area is 85.4 Å². The van der Waals surface area contributed by atoms with Crippen LogP contribution < -0.4 is 4.90 Å². The molecular formula is C8H12BrN3O. The van der Waals surface area contributed by atoms with Crippen LogP contribution in [0.3, 0.4) is 0 Å². The monoisotopic (exact) mass is 245 g/mol. The van der Waals surface area contributed by atoms with E-state index in [0.29, 0.717) is 0 Å². The minimum absolute atomic E-state index is 0.796. The molecule has 1 aromatic rings. The Kier molecular flexibility index (Phi) is 2.85. The van der Waals surface area contributed by atoms with Gasteiger partial charge >= 0.3 is 0 Å². The van der Waals surface area contributed by atoms with E-state index in [1.165, 1.54) is 0 Å². The van der Waals surface area contributed by atoms with Crippen molar-refractivity contribution in [1.29, 1.82) is 0 Å². The van der Waals surface area contributed by atoms with E-state index in [0.717, 1.165) is 43.3 Å². The fraction of sp³-hybridized carbons (Fsp3) is 0.625. The number of aromatic nitrogens is 2. The van der Waals surface area contributed by atoms with Crippen LogP contribution in [-0.4, -0.2) is 36.3 Å². The number of nitrogens with zero attached hydrogens (tertiary/aromatic N) is 2. The van der Waals surface area contributed by atoms with Gasteiger partial charge < -0.3 is 14.6 Å². The first kappa shape index (κ1) is 9.02. The number of morpholine rings is 1. The summed E-state index contributed by atoms with van der Waals surface area (Å²) in [4.78, 5) is 9.74. The van der Waals surface area contributed by atoms with E-state index in [1.54, 1.807) is 0 Å². The number of nitrogens with one attached hydrogen (secondary N) is 1. The van der Waals surface area contributed by atoms with E-state index < -0.39 is 0 Å². The van der Waals surface area contributed by atoms with E-state index in [2.05, 4.69) is 30.8 Å². The van der Waals surface area contributed by atoms with Crippen LogP contribution in [0.4, 0.5) is 5.95 Å². The molecule has 72 valence electrons. The topological polar surface area (TPSA) is 41.2 Å². The first-order valence-electron chi connectivity index (χ1n) is 4.32. The highest BCUT2D eigenvalue weighted by Crippen LogP contribution is 2.12. The maximum atomic E-state index is 5.26. The molecule has 1 fully saturated rings. The number of imidazole rings is 1. The largest absolute Gasteiger partial charge is 0.378 e. The van der Waals surface area contributed by atoms with Crippen LogP contribution in [0.1, 0.15) is 5.69 Å². The van der Waals surface area contributed by atoms with Crippen LogP contribution in [0.25, 0.3) is 0 Å². The predicted molar refractivity (Wildman–Crippen MR) is 54.3 cm³/mol. The standard InChI is InChI=1S/C8H12BrN3O/c9-5-7-6-10-8(11-7)12-1-3-13-4-2-12/h6H,1-5H2,(H,10,11). The molecule has 0 spiro atoms. The first-order valence-corrected chi connectivity index (χ1v) is 5.45. The van der Waals surface area contributed by atoms with Crippen LogP contribution in [0.5, 0.6) is 0 Å². The zero-order chi connectivity index (χ0) is 9.10. The molecule has 1 aromatic heterocycles. The van der Waals surface area contributed by atoms with Gasteiger partial charge in [-0.05, 0) is 0 Å². The highest BCUT2D eigenvalue weighted by molar-refractivity contribution is 9.08. The Hall–Kier alpha value is -0.550. The minimum Gasteiger partial charge on any atom is -0.378 e. The average Bonchev–Trinajstić information content (AvgIpc) is 2.67. The molecule has 1 N–H and O–H groups in total. The number of halogens is 1. The molecule has 2 rings (SSSR count). The second kappa shape index (κ2) is 4.11. The van der Waals surface area contributed by atoms with Gasteiger partial charge in [-0.15, -0.1) is 0 Å². The van der Waals surface area contributed by atoms with Crippen molar-refractivity contribution in [3.63, 3.8) is 0 Å². The van der Waals surface area contributed by atoms with E-state index in [1.807, 2.05) is 6.20 Å². The molecule has 1 aliphatic heterocycles. The van der Waals surface area contributed by atoms with Crippen molar-refractivity contribution in [2.24, 2.45) is 0 Å². The van der Waals surface area contributed by atoms with Gasteiger partial charge in [0, 0.05) is 24.1 Å². The van der Waals surface area contributed by atoms with Gasteiger partial charge in [-0.1, -0.05) is 15.9 Å². The second-order valence-corrected chi connectivity index (χ2v) is 3.53. The SMILES string of the molecule is BrCc1cnc(N2CCOCC2)[nH]1. The van der Waals surface area contributed by atoms with Gasteiger partial charge in [-0.25, -0.2) is 4.98 Å². The van der Waals surface area contributed by atoms with Crippen molar-refractivity contribution in [2.45, 2.75) is 5.33 Å². The number of hydrogen-bond donors (Lipinski definition) is 1. The summed E-state index contributed by atoms with van der Waals surface area (Å²) < 4.78 is 5.26. The summed E-state index contributed by atoms with van der Waals surface area (Å²) in [7, 11) is 0. The third kappa shape index (κ3) is 2.03. The van der Waals surface area contributed by atoms with Crippen LogP contribution in [0, 0.1) is 0 Å². The van der Waals surface area contributed by atoms with Crippen molar-refractivity contribution in [3.8, 4) is 0 Å². The average molecular weight is 246 g/mol. The highest BCUT2D eigenvalue weighted by Gasteiger charge is 2.13. The van der Waals surface area contributed by atoms with Crippen LogP contribution >= 0.6 is 15.9 Å². The van der Waals surface area contributed by atoms with Gasteiger partial charge in [0.2, 0.25) is 5.95 Å². The lowest BCUT2D eigenvalue weighted by molar-refractivity contribution is 0.122. The summed E-state index contributed by atoms with van der Waals surface area (Å²) in [6.07, 6.45) is 1.86. The summed E-state index contributed by atoms with van der Waals surface area (Å²) >= 11 is 3.38. The molecule has 5 heteroatoms. The molecule has 4 nitrogen and oxygen atoms in total. The molecule has 0 saturated carbocycles. The molecule has 0 unspecified atom stereocenters. The lowest BCUT2D eigenvalue weighted by Gasteiger charge is -2.26. The number of ether oxygens (including phenoxy) is 1. The zero-order valence-electron chi connectivity index (χ0n) is 7.29. The van der Waals surface area contributed by atoms with Gasteiger partial charge in [-0.3, -0.25) is 0 Å². The van der Waals surface area contributed by atoms with Crippen molar-refractivity contribution in [3.05, 3.63) is 11.9 Å². The molecule has 0 bridgehead atoms. The Balaban J connectivity index is 2.05. The molecular weight excluding hydrogens is 234 g/mol. The number of rotatable bonds is 2. The molecule has 2 heterocycles. The van der Waals surface area contributed by atoms with Crippen molar-refractivity contribution < 1.29 is 4.74 Å². The van der Waals surface area contributed by atoms with Crippen LogP contribution in [-0.2, 0) is 10.1 Å². The first-order chi connectivity index (χ1) is 6.40. The molecule has 0 atom stereocenters. The normalized spacial score (nSPS) is 17.8. The maximum absolute atomic E-state index is 5.26. The quantitative estimate of drug-likeness (QED) is 0.795. The third-order valence-corrected chi connectivity index (χ3v) is 2.67. The Morgan fingerprint density at radius 1 is 1.54 bits per heavy atom.